The molecule has 3 N–H and O–H groups in total. The Kier molecular flexibility index (Phi) is 5.84. The molecule has 0 saturated heterocycles. The number of rotatable bonds is 7. The highest BCUT2D eigenvalue weighted by atomic mass is 15.1. The van der Waals surface area contributed by atoms with E-state index in [0.717, 1.165) is 17.9 Å². The molecule has 96 valence electrons. The Bertz CT molecular complexity index is 306. The zero-order valence-electron chi connectivity index (χ0n) is 11.2. The summed E-state index contributed by atoms with van der Waals surface area (Å²) in [6.45, 7) is 6.65. The molecule has 0 aliphatic rings. The smallest absolute Gasteiger partial charge is 0.0341 e. The zero-order valence-corrected chi connectivity index (χ0v) is 11.2. The van der Waals surface area contributed by atoms with Gasteiger partial charge >= 0.3 is 0 Å². The van der Waals surface area contributed by atoms with E-state index in [9.17, 15) is 0 Å². The molecular weight excluding hydrogens is 210 g/mol. The third-order valence-corrected chi connectivity index (χ3v) is 3.06. The maximum atomic E-state index is 5.63. The van der Waals surface area contributed by atoms with Crippen LogP contribution in [0.4, 0.5) is 11.4 Å². The molecule has 0 heterocycles. The Hall–Kier alpha value is -1.22. The van der Waals surface area contributed by atoms with E-state index in [1.807, 2.05) is 24.3 Å². The van der Waals surface area contributed by atoms with E-state index >= 15 is 0 Å². The number of hydrogen-bond donors (Lipinski definition) is 2. The highest BCUT2D eigenvalue weighted by Crippen LogP contribution is 2.10. The first kappa shape index (κ1) is 13.8. The number of nitrogen functional groups attached to an aromatic ring is 1. The van der Waals surface area contributed by atoms with Crippen LogP contribution in [0.3, 0.4) is 0 Å². The van der Waals surface area contributed by atoms with Crippen molar-refractivity contribution < 1.29 is 0 Å². The van der Waals surface area contributed by atoms with Crippen LogP contribution in [-0.4, -0.2) is 31.1 Å². The van der Waals surface area contributed by atoms with E-state index in [1.54, 1.807) is 0 Å². The van der Waals surface area contributed by atoms with Crippen LogP contribution < -0.4 is 11.1 Å². The van der Waals surface area contributed by atoms with Gasteiger partial charge in [-0.15, -0.1) is 0 Å². The molecule has 0 aromatic heterocycles. The molecule has 0 bridgehead atoms. The molecule has 3 heteroatoms. The van der Waals surface area contributed by atoms with Crippen molar-refractivity contribution in [2.45, 2.75) is 32.7 Å². The number of nitrogens with one attached hydrogen (secondary N) is 1. The fraction of sp³-hybridized carbons (Fsp3) is 0.571. The van der Waals surface area contributed by atoms with Gasteiger partial charge < -0.3 is 16.0 Å². The minimum Gasteiger partial charge on any atom is -0.399 e. The van der Waals surface area contributed by atoms with Gasteiger partial charge in [0.25, 0.3) is 0 Å². The summed E-state index contributed by atoms with van der Waals surface area (Å²) >= 11 is 0. The minimum atomic E-state index is 0.639. The van der Waals surface area contributed by atoms with Gasteiger partial charge in [-0.25, -0.2) is 0 Å². The molecule has 0 amide bonds. The molecule has 0 unspecified atom stereocenters. The van der Waals surface area contributed by atoms with Crippen LogP contribution in [0.5, 0.6) is 0 Å². The third-order valence-electron chi connectivity index (χ3n) is 3.06. The number of benzene rings is 1. The summed E-state index contributed by atoms with van der Waals surface area (Å²) in [5.41, 5.74) is 7.59. The van der Waals surface area contributed by atoms with Crippen molar-refractivity contribution in [1.82, 2.24) is 4.90 Å². The fourth-order valence-corrected chi connectivity index (χ4v) is 1.58. The molecule has 0 saturated carbocycles. The van der Waals surface area contributed by atoms with E-state index in [4.69, 9.17) is 5.73 Å². The summed E-state index contributed by atoms with van der Waals surface area (Å²) in [6.07, 6.45) is 2.43. The molecule has 17 heavy (non-hydrogen) atoms. The van der Waals surface area contributed by atoms with Crippen molar-refractivity contribution in [3.63, 3.8) is 0 Å². The number of nitrogens with zero attached hydrogens (tertiary/aromatic N) is 1. The summed E-state index contributed by atoms with van der Waals surface area (Å²) in [7, 11) is 2.18. The van der Waals surface area contributed by atoms with Crippen LogP contribution in [0.1, 0.15) is 26.7 Å². The lowest BCUT2D eigenvalue weighted by Crippen LogP contribution is -2.27. The van der Waals surface area contributed by atoms with Gasteiger partial charge in [-0.2, -0.15) is 0 Å². The van der Waals surface area contributed by atoms with Gasteiger partial charge in [0, 0.05) is 24.0 Å². The van der Waals surface area contributed by atoms with Crippen molar-refractivity contribution in [1.29, 1.82) is 0 Å². The van der Waals surface area contributed by atoms with Gasteiger partial charge in [0.15, 0.2) is 0 Å². The number of anilines is 2. The van der Waals surface area contributed by atoms with Crippen molar-refractivity contribution >= 4 is 11.4 Å². The van der Waals surface area contributed by atoms with E-state index < -0.39 is 0 Å². The van der Waals surface area contributed by atoms with Crippen LogP contribution in [0.15, 0.2) is 24.3 Å². The van der Waals surface area contributed by atoms with Crippen molar-refractivity contribution in [2.24, 2.45) is 0 Å². The molecule has 3 nitrogen and oxygen atoms in total. The Morgan fingerprint density at radius 2 is 1.82 bits per heavy atom. The van der Waals surface area contributed by atoms with Gasteiger partial charge in [0.2, 0.25) is 0 Å². The second-order valence-corrected chi connectivity index (χ2v) is 4.83. The Balaban J connectivity index is 2.10. The standard InChI is InChI=1S/C14H25N3/c1-12(2)17(3)11-5-4-10-16-14-8-6-13(15)7-9-14/h6-9,12,16H,4-5,10-11,15H2,1-3H3. The summed E-state index contributed by atoms with van der Waals surface area (Å²) in [5, 5.41) is 3.40. The van der Waals surface area contributed by atoms with E-state index in [2.05, 4.69) is 31.1 Å². The summed E-state index contributed by atoms with van der Waals surface area (Å²) in [6, 6.07) is 8.54. The van der Waals surface area contributed by atoms with Gasteiger partial charge in [0.05, 0.1) is 0 Å². The molecule has 1 rings (SSSR count). The summed E-state index contributed by atoms with van der Waals surface area (Å²) in [5.74, 6) is 0. The predicted molar refractivity (Wildman–Crippen MR) is 76.3 cm³/mol. The molecule has 0 aliphatic heterocycles. The van der Waals surface area contributed by atoms with E-state index in [0.29, 0.717) is 6.04 Å². The maximum Gasteiger partial charge on any atom is 0.0341 e. The van der Waals surface area contributed by atoms with Crippen LogP contribution in [0.25, 0.3) is 0 Å². The molecular formula is C14H25N3. The minimum absolute atomic E-state index is 0.639. The maximum absolute atomic E-state index is 5.63. The molecule has 1 aromatic rings. The fourth-order valence-electron chi connectivity index (χ4n) is 1.58. The van der Waals surface area contributed by atoms with Crippen LogP contribution in [0, 0.1) is 0 Å². The quantitative estimate of drug-likeness (QED) is 0.564. The van der Waals surface area contributed by atoms with Crippen LogP contribution >= 0.6 is 0 Å². The second-order valence-electron chi connectivity index (χ2n) is 4.83. The first-order chi connectivity index (χ1) is 8.09. The lowest BCUT2D eigenvalue weighted by atomic mass is 10.2. The highest BCUT2D eigenvalue weighted by molar-refractivity contribution is 5.50. The number of nitrogens with two attached hydrogens (primary N) is 1. The molecule has 1 aromatic carbocycles. The Morgan fingerprint density at radius 3 is 2.41 bits per heavy atom. The third kappa shape index (κ3) is 5.59. The van der Waals surface area contributed by atoms with Gasteiger partial charge in [0.1, 0.15) is 0 Å². The normalized spacial score (nSPS) is 11.1. The second kappa shape index (κ2) is 7.17. The first-order valence-corrected chi connectivity index (χ1v) is 6.39. The monoisotopic (exact) mass is 235 g/mol. The average Bonchev–Trinajstić information content (AvgIpc) is 2.30. The molecule has 0 atom stereocenters. The summed E-state index contributed by atoms with van der Waals surface area (Å²) in [4.78, 5) is 2.38. The first-order valence-electron chi connectivity index (χ1n) is 6.39. The van der Waals surface area contributed by atoms with Crippen molar-refractivity contribution in [2.75, 3.05) is 31.2 Å². The summed E-state index contributed by atoms with van der Waals surface area (Å²) < 4.78 is 0. The lowest BCUT2D eigenvalue weighted by molar-refractivity contribution is 0.269. The molecule has 0 spiro atoms. The Morgan fingerprint density at radius 1 is 1.18 bits per heavy atom. The van der Waals surface area contributed by atoms with E-state index in [-0.39, 0.29) is 0 Å². The number of unbranched alkanes of at least 4 members (excludes halogenated alkanes) is 1. The van der Waals surface area contributed by atoms with Crippen LogP contribution in [0.2, 0.25) is 0 Å². The topological polar surface area (TPSA) is 41.3 Å². The van der Waals surface area contributed by atoms with Gasteiger partial charge in [-0.05, 0) is 64.5 Å². The largest absolute Gasteiger partial charge is 0.399 e. The average molecular weight is 235 g/mol. The molecule has 0 radical (unpaired) electrons. The SMILES string of the molecule is CC(C)N(C)CCCCNc1ccc(N)cc1. The van der Waals surface area contributed by atoms with Gasteiger partial charge in [-0.3, -0.25) is 0 Å². The van der Waals surface area contributed by atoms with Crippen molar-refractivity contribution in [3.8, 4) is 0 Å². The van der Waals surface area contributed by atoms with Gasteiger partial charge in [-0.1, -0.05) is 0 Å². The highest BCUT2D eigenvalue weighted by Gasteiger charge is 2.01. The predicted octanol–water partition coefficient (Wildman–Crippen LogP) is 2.80. The number of hydrogen-bond acceptors (Lipinski definition) is 3. The van der Waals surface area contributed by atoms with Crippen molar-refractivity contribution in [3.05, 3.63) is 24.3 Å². The Labute approximate surface area is 105 Å². The molecule has 0 aliphatic carbocycles. The zero-order chi connectivity index (χ0) is 12.7. The lowest BCUT2D eigenvalue weighted by Gasteiger charge is -2.20. The molecule has 0 fully saturated rings. The van der Waals surface area contributed by atoms with Crippen LogP contribution in [-0.2, 0) is 0 Å². The van der Waals surface area contributed by atoms with E-state index in [1.165, 1.54) is 19.4 Å².